The van der Waals surface area contributed by atoms with Crippen molar-refractivity contribution in [1.82, 2.24) is 10.6 Å². The number of ether oxygens (including phenoxy) is 1. The molecule has 3 aliphatic carbocycles. The Labute approximate surface area is 205 Å². The predicted octanol–water partition coefficient (Wildman–Crippen LogP) is 4.31. The molecular formula is C28H32N2O5. The van der Waals surface area contributed by atoms with Gasteiger partial charge in [-0.25, -0.2) is 9.59 Å². The van der Waals surface area contributed by atoms with Gasteiger partial charge in [-0.15, -0.1) is 0 Å². The van der Waals surface area contributed by atoms with E-state index >= 15 is 0 Å². The SMILES string of the molecule is CCC(C)(NC(=O)C1CC2CC(NC(=O)OCC3c4ccccc4-c4ccccc43)C2C1)C(=O)O. The minimum Gasteiger partial charge on any atom is -0.480 e. The fourth-order valence-electron chi connectivity index (χ4n) is 6.06. The quantitative estimate of drug-likeness (QED) is 0.552. The van der Waals surface area contributed by atoms with E-state index in [-0.39, 0.29) is 36.3 Å². The summed E-state index contributed by atoms with van der Waals surface area (Å²) in [5.74, 6) is -0.824. The van der Waals surface area contributed by atoms with Crippen molar-refractivity contribution in [2.75, 3.05) is 6.61 Å². The van der Waals surface area contributed by atoms with Gasteiger partial charge in [0.25, 0.3) is 0 Å². The van der Waals surface area contributed by atoms with Gasteiger partial charge in [0.05, 0.1) is 0 Å². The average molecular weight is 477 g/mol. The number of benzene rings is 2. The Morgan fingerprint density at radius 2 is 1.63 bits per heavy atom. The van der Waals surface area contributed by atoms with Crippen LogP contribution in [0.25, 0.3) is 11.1 Å². The number of rotatable bonds is 7. The van der Waals surface area contributed by atoms with Crippen LogP contribution in [0.15, 0.2) is 48.5 Å². The predicted molar refractivity (Wildman–Crippen MR) is 131 cm³/mol. The lowest BCUT2D eigenvalue weighted by molar-refractivity contribution is -0.147. The van der Waals surface area contributed by atoms with E-state index in [0.29, 0.717) is 18.8 Å². The van der Waals surface area contributed by atoms with Gasteiger partial charge in [0.1, 0.15) is 12.1 Å². The second-order valence-electron chi connectivity index (χ2n) is 10.4. The lowest BCUT2D eigenvalue weighted by atomic mass is 9.71. The molecule has 5 rings (SSSR count). The summed E-state index contributed by atoms with van der Waals surface area (Å²) in [4.78, 5) is 36.9. The fraction of sp³-hybridized carbons (Fsp3) is 0.464. The van der Waals surface area contributed by atoms with Crippen LogP contribution in [0.3, 0.4) is 0 Å². The maximum absolute atomic E-state index is 12.7. The maximum atomic E-state index is 12.7. The Bertz CT molecular complexity index is 1120. The number of carboxylic acid groups (broad SMARTS) is 1. The van der Waals surface area contributed by atoms with E-state index in [1.54, 1.807) is 6.92 Å². The molecule has 0 spiro atoms. The number of hydrogen-bond acceptors (Lipinski definition) is 4. The van der Waals surface area contributed by atoms with Gasteiger partial charge < -0.3 is 20.5 Å². The van der Waals surface area contributed by atoms with E-state index in [2.05, 4.69) is 34.9 Å². The van der Waals surface area contributed by atoms with Crippen LogP contribution in [0, 0.1) is 17.8 Å². The van der Waals surface area contributed by atoms with Gasteiger partial charge in [-0.1, -0.05) is 55.5 Å². The van der Waals surface area contributed by atoms with Gasteiger partial charge in [-0.2, -0.15) is 0 Å². The molecule has 35 heavy (non-hydrogen) atoms. The zero-order chi connectivity index (χ0) is 24.7. The van der Waals surface area contributed by atoms with Crippen molar-refractivity contribution < 1.29 is 24.2 Å². The molecule has 2 fully saturated rings. The molecule has 0 aromatic heterocycles. The van der Waals surface area contributed by atoms with Gasteiger partial charge in [0, 0.05) is 17.9 Å². The summed E-state index contributed by atoms with van der Waals surface area (Å²) in [6, 6.07) is 16.5. The third-order valence-corrected chi connectivity index (χ3v) is 8.42. The number of fused-ring (bicyclic) bond motifs is 4. The number of aliphatic carboxylic acids is 1. The standard InChI is InChI=1S/C28H32N2O5/c1-3-28(2,26(32)33)30-25(31)17-12-16-14-24(22(16)13-17)29-27(34)35-15-23-20-10-6-4-8-18(20)19-9-5-7-11-21(19)23/h4-11,16-17,22-24H,3,12-15H2,1-2H3,(H,29,34)(H,30,31)(H,32,33). The van der Waals surface area contributed by atoms with E-state index in [1.165, 1.54) is 29.2 Å². The molecule has 184 valence electrons. The normalized spacial score (nSPS) is 25.9. The number of carbonyl (C=O) groups excluding carboxylic acids is 2. The molecule has 0 bridgehead atoms. The monoisotopic (exact) mass is 476 g/mol. The molecule has 7 nitrogen and oxygen atoms in total. The van der Waals surface area contributed by atoms with Crippen molar-refractivity contribution in [2.24, 2.45) is 17.8 Å². The van der Waals surface area contributed by atoms with Crippen LogP contribution in [-0.2, 0) is 14.3 Å². The Kier molecular flexibility index (Phi) is 6.03. The van der Waals surface area contributed by atoms with Gasteiger partial charge in [-0.05, 0) is 66.7 Å². The Morgan fingerprint density at radius 1 is 1.00 bits per heavy atom. The first-order valence-corrected chi connectivity index (χ1v) is 12.5. The van der Waals surface area contributed by atoms with Crippen LogP contribution < -0.4 is 10.6 Å². The lowest BCUT2D eigenvalue weighted by Crippen LogP contribution is -2.53. The number of amides is 2. The second kappa shape index (κ2) is 9.02. The molecule has 5 unspecified atom stereocenters. The summed E-state index contributed by atoms with van der Waals surface area (Å²) in [6.07, 6.45) is 2.11. The minimum atomic E-state index is -1.25. The van der Waals surface area contributed by atoms with Crippen LogP contribution in [0.5, 0.6) is 0 Å². The molecule has 5 atom stereocenters. The molecule has 0 aliphatic heterocycles. The van der Waals surface area contributed by atoms with Crippen molar-refractivity contribution in [3.63, 3.8) is 0 Å². The number of carboxylic acids is 1. The Balaban J connectivity index is 1.15. The highest BCUT2D eigenvalue weighted by molar-refractivity contribution is 5.88. The molecule has 2 amide bonds. The first kappa shape index (κ1) is 23.4. The van der Waals surface area contributed by atoms with Gasteiger partial charge in [-0.3, -0.25) is 4.79 Å². The number of nitrogens with one attached hydrogen (secondary N) is 2. The molecule has 3 aliphatic rings. The zero-order valence-corrected chi connectivity index (χ0v) is 20.1. The Hall–Kier alpha value is -3.35. The highest BCUT2D eigenvalue weighted by Gasteiger charge is 2.51. The van der Waals surface area contributed by atoms with Crippen molar-refractivity contribution in [3.8, 4) is 11.1 Å². The summed E-state index contributed by atoms with van der Waals surface area (Å²) in [7, 11) is 0. The van der Waals surface area contributed by atoms with Crippen LogP contribution in [0.4, 0.5) is 4.79 Å². The van der Waals surface area contributed by atoms with E-state index < -0.39 is 17.6 Å². The molecule has 2 aromatic carbocycles. The van der Waals surface area contributed by atoms with E-state index in [9.17, 15) is 19.5 Å². The van der Waals surface area contributed by atoms with Crippen molar-refractivity contribution in [1.29, 1.82) is 0 Å². The first-order valence-electron chi connectivity index (χ1n) is 12.5. The van der Waals surface area contributed by atoms with Crippen LogP contribution >= 0.6 is 0 Å². The molecule has 0 heterocycles. The van der Waals surface area contributed by atoms with E-state index in [4.69, 9.17) is 4.74 Å². The zero-order valence-electron chi connectivity index (χ0n) is 20.1. The summed E-state index contributed by atoms with van der Waals surface area (Å²) in [5, 5.41) is 15.2. The van der Waals surface area contributed by atoms with Crippen molar-refractivity contribution in [3.05, 3.63) is 59.7 Å². The van der Waals surface area contributed by atoms with Crippen LogP contribution in [-0.4, -0.2) is 41.3 Å². The molecule has 2 saturated carbocycles. The highest BCUT2D eigenvalue weighted by atomic mass is 16.5. The van der Waals surface area contributed by atoms with E-state index in [1.807, 2.05) is 24.3 Å². The summed E-state index contributed by atoms with van der Waals surface area (Å²) in [6.45, 7) is 3.57. The lowest BCUT2D eigenvalue weighted by Gasteiger charge is -2.40. The molecule has 2 aromatic rings. The largest absolute Gasteiger partial charge is 0.480 e. The summed E-state index contributed by atoms with van der Waals surface area (Å²) < 4.78 is 5.68. The number of alkyl carbamates (subject to hydrolysis) is 1. The molecule has 7 heteroatoms. The highest BCUT2D eigenvalue weighted by Crippen LogP contribution is 2.50. The molecular weight excluding hydrogens is 444 g/mol. The third-order valence-electron chi connectivity index (χ3n) is 8.42. The maximum Gasteiger partial charge on any atom is 0.407 e. The minimum absolute atomic E-state index is 0.00881. The molecule has 3 N–H and O–H groups in total. The topological polar surface area (TPSA) is 105 Å². The third kappa shape index (κ3) is 4.17. The second-order valence-corrected chi connectivity index (χ2v) is 10.4. The van der Waals surface area contributed by atoms with Crippen molar-refractivity contribution in [2.45, 2.75) is 57.0 Å². The summed E-state index contributed by atoms with van der Waals surface area (Å²) >= 11 is 0. The van der Waals surface area contributed by atoms with Crippen LogP contribution in [0.1, 0.15) is 56.6 Å². The van der Waals surface area contributed by atoms with Crippen molar-refractivity contribution >= 4 is 18.0 Å². The van der Waals surface area contributed by atoms with Gasteiger partial charge in [0.15, 0.2) is 0 Å². The van der Waals surface area contributed by atoms with Crippen LogP contribution in [0.2, 0.25) is 0 Å². The average Bonchev–Trinajstić information content (AvgIpc) is 3.36. The summed E-state index contributed by atoms with van der Waals surface area (Å²) in [5.41, 5.74) is 3.48. The van der Waals surface area contributed by atoms with Gasteiger partial charge >= 0.3 is 12.1 Å². The van der Waals surface area contributed by atoms with E-state index in [0.717, 1.165) is 12.8 Å². The Morgan fingerprint density at radius 3 is 2.23 bits per heavy atom. The smallest absolute Gasteiger partial charge is 0.407 e. The number of hydrogen-bond donors (Lipinski definition) is 3. The first-order chi connectivity index (χ1) is 16.8. The molecule has 0 radical (unpaired) electrons. The molecule has 0 saturated heterocycles. The fourth-order valence-corrected chi connectivity index (χ4v) is 6.06. The number of carbonyl (C=O) groups is 3. The van der Waals surface area contributed by atoms with Gasteiger partial charge in [0.2, 0.25) is 5.91 Å².